The van der Waals surface area contributed by atoms with Crippen LogP contribution in [-0.4, -0.2) is 11.8 Å². The second-order valence-corrected chi connectivity index (χ2v) is 5.64. The molecule has 6 nitrogen and oxygen atoms in total. The van der Waals surface area contributed by atoms with E-state index in [9.17, 15) is 9.59 Å². The van der Waals surface area contributed by atoms with Crippen LogP contribution in [0.4, 0.5) is 0 Å². The molecule has 0 aliphatic carbocycles. The van der Waals surface area contributed by atoms with Gasteiger partial charge in [-0.25, -0.2) is 0 Å². The predicted octanol–water partition coefficient (Wildman–Crippen LogP) is 2.89. The van der Waals surface area contributed by atoms with Crippen LogP contribution in [0.25, 0.3) is 0 Å². The summed E-state index contributed by atoms with van der Waals surface area (Å²) < 4.78 is 10.9. The van der Waals surface area contributed by atoms with Gasteiger partial charge >= 0.3 is 0 Å². The molecule has 0 unspecified atom stereocenters. The van der Waals surface area contributed by atoms with Gasteiger partial charge in [0, 0.05) is 11.1 Å². The van der Waals surface area contributed by atoms with E-state index in [-0.39, 0.29) is 5.91 Å². The van der Waals surface area contributed by atoms with E-state index in [1.54, 1.807) is 60.9 Å². The number of carbonyl (C=O) groups is 2. The third-order valence-corrected chi connectivity index (χ3v) is 3.74. The Morgan fingerprint density at radius 3 is 2.50 bits per heavy atom. The number of carbonyl (C=O) groups excluding carboxylic acids is 2. The van der Waals surface area contributed by atoms with Gasteiger partial charge in [0.1, 0.15) is 18.1 Å². The molecule has 132 valence electrons. The minimum absolute atomic E-state index is 0.186. The number of rotatable bonds is 7. The van der Waals surface area contributed by atoms with Crippen LogP contribution >= 0.6 is 0 Å². The molecule has 2 amide bonds. The summed E-state index contributed by atoms with van der Waals surface area (Å²) in [6.45, 7) is 0.633. The summed E-state index contributed by atoms with van der Waals surface area (Å²) in [6, 6.07) is 17.3. The van der Waals surface area contributed by atoms with E-state index in [1.807, 2.05) is 6.07 Å². The molecule has 0 atom stereocenters. The highest BCUT2D eigenvalue weighted by molar-refractivity contribution is 5.94. The monoisotopic (exact) mass is 350 g/mol. The largest absolute Gasteiger partial charge is 0.489 e. The number of primary amides is 1. The fourth-order valence-corrected chi connectivity index (χ4v) is 2.37. The predicted molar refractivity (Wildman–Crippen MR) is 95.6 cm³/mol. The lowest BCUT2D eigenvalue weighted by molar-refractivity contribution is 0.0946. The van der Waals surface area contributed by atoms with Gasteiger partial charge in [-0.3, -0.25) is 9.59 Å². The number of hydrogen-bond acceptors (Lipinski definition) is 4. The zero-order valence-electron chi connectivity index (χ0n) is 14.0. The fourth-order valence-electron chi connectivity index (χ4n) is 2.37. The summed E-state index contributed by atoms with van der Waals surface area (Å²) in [4.78, 5) is 23.3. The van der Waals surface area contributed by atoms with Crippen LogP contribution in [0.5, 0.6) is 5.75 Å². The lowest BCUT2D eigenvalue weighted by atomic mass is 10.1. The first kappa shape index (κ1) is 17.3. The van der Waals surface area contributed by atoms with Gasteiger partial charge < -0.3 is 20.2 Å². The van der Waals surface area contributed by atoms with Crippen molar-refractivity contribution in [3.63, 3.8) is 0 Å². The number of amides is 2. The Morgan fingerprint density at radius 1 is 1.00 bits per heavy atom. The number of nitrogens with two attached hydrogens (primary N) is 1. The molecule has 3 aromatic rings. The minimum atomic E-state index is -0.482. The molecule has 3 N–H and O–H groups in total. The molecule has 0 saturated carbocycles. The van der Waals surface area contributed by atoms with Crippen molar-refractivity contribution in [3.8, 4) is 5.75 Å². The van der Waals surface area contributed by atoms with Crippen LogP contribution in [0, 0.1) is 0 Å². The summed E-state index contributed by atoms with van der Waals surface area (Å²) in [5.74, 6) is 0.638. The Kier molecular flexibility index (Phi) is 5.34. The van der Waals surface area contributed by atoms with E-state index in [1.165, 1.54) is 0 Å². The lowest BCUT2D eigenvalue weighted by Gasteiger charge is -2.09. The van der Waals surface area contributed by atoms with E-state index in [0.717, 1.165) is 5.56 Å². The van der Waals surface area contributed by atoms with Gasteiger partial charge in [-0.2, -0.15) is 0 Å². The van der Waals surface area contributed by atoms with Crippen LogP contribution in [0.3, 0.4) is 0 Å². The Morgan fingerprint density at radius 2 is 1.81 bits per heavy atom. The number of nitrogens with one attached hydrogen (secondary N) is 1. The maximum absolute atomic E-state index is 12.2. The van der Waals surface area contributed by atoms with Crippen molar-refractivity contribution in [3.05, 3.63) is 89.4 Å². The third kappa shape index (κ3) is 4.51. The first-order valence-corrected chi connectivity index (χ1v) is 8.04. The van der Waals surface area contributed by atoms with E-state index in [2.05, 4.69) is 5.32 Å². The molecule has 0 saturated heterocycles. The lowest BCUT2D eigenvalue weighted by Crippen LogP contribution is -2.22. The SMILES string of the molecule is NC(=O)c1ccc(OCc2cccc(C(=O)NCc3ccco3)c2)cc1. The Hall–Kier alpha value is -3.54. The van der Waals surface area contributed by atoms with Crippen LogP contribution in [0.1, 0.15) is 32.0 Å². The molecular weight excluding hydrogens is 332 g/mol. The van der Waals surface area contributed by atoms with Gasteiger partial charge in [0.2, 0.25) is 5.91 Å². The highest BCUT2D eigenvalue weighted by Gasteiger charge is 2.07. The Bertz CT molecular complexity index is 886. The standard InChI is InChI=1S/C20H18N2O4/c21-19(23)15-6-8-17(9-7-15)26-13-14-3-1-4-16(11-14)20(24)22-12-18-5-2-10-25-18/h1-11H,12-13H2,(H2,21,23)(H,22,24). The molecule has 2 aromatic carbocycles. The van der Waals surface area contributed by atoms with Crippen molar-refractivity contribution < 1.29 is 18.7 Å². The molecule has 6 heteroatoms. The molecule has 0 aliphatic rings. The van der Waals surface area contributed by atoms with Gasteiger partial charge in [-0.1, -0.05) is 12.1 Å². The van der Waals surface area contributed by atoms with Gasteiger partial charge in [0.15, 0.2) is 0 Å². The maximum Gasteiger partial charge on any atom is 0.251 e. The number of hydrogen-bond donors (Lipinski definition) is 2. The highest BCUT2D eigenvalue weighted by Crippen LogP contribution is 2.15. The van der Waals surface area contributed by atoms with Crippen molar-refractivity contribution in [1.29, 1.82) is 0 Å². The van der Waals surface area contributed by atoms with E-state index in [4.69, 9.17) is 14.9 Å². The van der Waals surface area contributed by atoms with Gasteiger partial charge in [-0.05, 0) is 54.1 Å². The zero-order valence-corrected chi connectivity index (χ0v) is 14.0. The van der Waals surface area contributed by atoms with Gasteiger partial charge in [0.05, 0.1) is 12.8 Å². The molecule has 0 radical (unpaired) electrons. The molecule has 0 bridgehead atoms. The molecule has 1 heterocycles. The van der Waals surface area contributed by atoms with E-state index >= 15 is 0 Å². The highest BCUT2D eigenvalue weighted by atomic mass is 16.5. The van der Waals surface area contributed by atoms with Gasteiger partial charge in [0.25, 0.3) is 5.91 Å². The first-order chi connectivity index (χ1) is 12.6. The van der Waals surface area contributed by atoms with Gasteiger partial charge in [-0.15, -0.1) is 0 Å². The number of ether oxygens (including phenoxy) is 1. The van der Waals surface area contributed by atoms with Crippen LogP contribution in [0.15, 0.2) is 71.3 Å². The molecule has 0 aliphatic heterocycles. The van der Waals surface area contributed by atoms with Crippen molar-refractivity contribution >= 4 is 11.8 Å². The Balaban J connectivity index is 1.58. The smallest absolute Gasteiger partial charge is 0.251 e. The van der Waals surface area contributed by atoms with E-state index in [0.29, 0.717) is 35.8 Å². The average Bonchev–Trinajstić information content (AvgIpc) is 3.18. The third-order valence-electron chi connectivity index (χ3n) is 3.74. The van der Waals surface area contributed by atoms with Crippen molar-refractivity contribution in [2.75, 3.05) is 0 Å². The molecule has 0 spiro atoms. The molecule has 1 aromatic heterocycles. The fraction of sp³-hybridized carbons (Fsp3) is 0.100. The summed E-state index contributed by atoms with van der Waals surface area (Å²) in [6.07, 6.45) is 1.56. The Labute approximate surface area is 150 Å². The summed E-state index contributed by atoms with van der Waals surface area (Å²) in [5, 5.41) is 2.80. The molecule has 3 rings (SSSR count). The second kappa shape index (κ2) is 8.02. The van der Waals surface area contributed by atoms with Crippen LogP contribution < -0.4 is 15.8 Å². The summed E-state index contributed by atoms with van der Waals surface area (Å²) in [7, 11) is 0. The van der Waals surface area contributed by atoms with Crippen LogP contribution in [-0.2, 0) is 13.2 Å². The molecular formula is C20H18N2O4. The topological polar surface area (TPSA) is 94.6 Å². The maximum atomic E-state index is 12.2. The molecule has 26 heavy (non-hydrogen) atoms. The molecule has 0 fully saturated rings. The quantitative estimate of drug-likeness (QED) is 0.685. The normalized spacial score (nSPS) is 10.3. The minimum Gasteiger partial charge on any atom is -0.489 e. The van der Waals surface area contributed by atoms with Crippen molar-refractivity contribution in [2.45, 2.75) is 13.2 Å². The second-order valence-electron chi connectivity index (χ2n) is 5.64. The first-order valence-electron chi connectivity index (χ1n) is 8.04. The zero-order chi connectivity index (χ0) is 18.4. The van der Waals surface area contributed by atoms with Crippen molar-refractivity contribution in [2.24, 2.45) is 5.73 Å². The van der Waals surface area contributed by atoms with Crippen molar-refractivity contribution in [1.82, 2.24) is 5.32 Å². The average molecular weight is 350 g/mol. The number of benzene rings is 2. The number of furan rings is 1. The summed E-state index contributed by atoms with van der Waals surface area (Å²) >= 11 is 0. The van der Waals surface area contributed by atoms with E-state index < -0.39 is 5.91 Å². The summed E-state index contributed by atoms with van der Waals surface area (Å²) in [5.41, 5.74) is 7.03. The van der Waals surface area contributed by atoms with Crippen LogP contribution in [0.2, 0.25) is 0 Å².